The zero-order valence-electron chi connectivity index (χ0n) is 12.9. The summed E-state index contributed by atoms with van der Waals surface area (Å²) < 4.78 is 7.39. The van der Waals surface area contributed by atoms with Crippen LogP contribution in [0.25, 0.3) is 0 Å². The zero-order valence-corrected chi connectivity index (χ0v) is 12.9. The van der Waals surface area contributed by atoms with Gasteiger partial charge < -0.3 is 10.1 Å². The number of benzene rings is 1. The maximum Gasteiger partial charge on any atom is 0.261 e. The predicted molar refractivity (Wildman–Crippen MR) is 81.1 cm³/mol. The van der Waals surface area contributed by atoms with Crippen LogP contribution in [0.5, 0.6) is 5.75 Å². The normalized spacial score (nSPS) is 12.0. The highest BCUT2D eigenvalue weighted by molar-refractivity contribution is 5.80. The van der Waals surface area contributed by atoms with Crippen molar-refractivity contribution in [2.24, 2.45) is 7.05 Å². The molecule has 0 aliphatic carbocycles. The van der Waals surface area contributed by atoms with Crippen LogP contribution in [0.2, 0.25) is 0 Å². The summed E-state index contributed by atoms with van der Waals surface area (Å²) in [6, 6.07) is 7.66. The van der Waals surface area contributed by atoms with Gasteiger partial charge in [0.15, 0.2) is 6.10 Å². The van der Waals surface area contributed by atoms with Gasteiger partial charge >= 0.3 is 0 Å². The average molecular weight is 287 g/mol. The molecule has 0 saturated heterocycles. The second kappa shape index (κ2) is 6.43. The van der Waals surface area contributed by atoms with Crippen LogP contribution in [0.3, 0.4) is 0 Å². The molecule has 0 unspecified atom stereocenters. The number of nitrogens with one attached hydrogen (secondary N) is 1. The number of aryl methyl sites for hydroxylation is 3. The topological polar surface area (TPSA) is 56.1 Å². The summed E-state index contributed by atoms with van der Waals surface area (Å²) in [5.41, 5.74) is 3.03. The summed E-state index contributed by atoms with van der Waals surface area (Å²) in [4.78, 5) is 12.1. The van der Waals surface area contributed by atoms with E-state index in [-0.39, 0.29) is 5.91 Å². The molecule has 1 heterocycles. The smallest absolute Gasteiger partial charge is 0.261 e. The van der Waals surface area contributed by atoms with Crippen LogP contribution in [0.15, 0.2) is 30.5 Å². The zero-order chi connectivity index (χ0) is 15.4. The molecule has 0 spiro atoms. The van der Waals surface area contributed by atoms with Gasteiger partial charge in [-0.2, -0.15) is 5.10 Å². The van der Waals surface area contributed by atoms with E-state index in [1.165, 1.54) is 0 Å². The number of hydrogen-bond donors (Lipinski definition) is 1. The van der Waals surface area contributed by atoms with Crippen LogP contribution in [-0.4, -0.2) is 21.8 Å². The summed E-state index contributed by atoms with van der Waals surface area (Å²) >= 11 is 0. The maximum absolute atomic E-state index is 12.1. The lowest BCUT2D eigenvalue weighted by atomic mass is 10.2. The Morgan fingerprint density at radius 2 is 2.19 bits per heavy atom. The Balaban J connectivity index is 1.89. The molecule has 0 saturated carbocycles. The van der Waals surface area contributed by atoms with E-state index in [2.05, 4.69) is 10.4 Å². The van der Waals surface area contributed by atoms with Crippen molar-refractivity contribution in [3.63, 3.8) is 0 Å². The fourth-order valence-corrected chi connectivity index (χ4v) is 2.09. The van der Waals surface area contributed by atoms with Gasteiger partial charge in [0.1, 0.15) is 5.75 Å². The van der Waals surface area contributed by atoms with Gasteiger partial charge in [0.25, 0.3) is 5.91 Å². The number of amides is 1. The van der Waals surface area contributed by atoms with Crippen molar-refractivity contribution in [1.82, 2.24) is 15.1 Å². The van der Waals surface area contributed by atoms with Crippen LogP contribution in [-0.2, 0) is 18.4 Å². The van der Waals surface area contributed by atoms with E-state index in [4.69, 9.17) is 4.74 Å². The van der Waals surface area contributed by atoms with E-state index in [1.54, 1.807) is 11.6 Å². The van der Waals surface area contributed by atoms with Gasteiger partial charge in [-0.15, -0.1) is 0 Å². The number of carbonyl (C=O) groups is 1. The number of nitrogens with zero attached hydrogens (tertiary/aromatic N) is 2. The first-order valence-corrected chi connectivity index (χ1v) is 6.96. The third-order valence-corrected chi connectivity index (χ3v) is 3.24. The minimum Gasteiger partial charge on any atom is -0.481 e. The lowest BCUT2D eigenvalue weighted by Crippen LogP contribution is -2.36. The van der Waals surface area contributed by atoms with Crippen LogP contribution in [0.4, 0.5) is 0 Å². The van der Waals surface area contributed by atoms with E-state index < -0.39 is 6.10 Å². The number of ether oxygens (including phenoxy) is 1. The quantitative estimate of drug-likeness (QED) is 0.916. The Morgan fingerprint density at radius 3 is 2.81 bits per heavy atom. The molecule has 1 N–H and O–H groups in total. The Labute approximate surface area is 124 Å². The lowest BCUT2D eigenvalue weighted by Gasteiger charge is -2.15. The highest BCUT2D eigenvalue weighted by Crippen LogP contribution is 2.14. The van der Waals surface area contributed by atoms with Crippen molar-refractivity contribution in [3.8, 4) is 5.75 Å². The van der Waals surface area contributed by atoms with Gasteiger partial charge in [-0.25, -0.2) is 0 Å². The van der Waals surface area contributed by atoms with E-state index in [0.29, 0.717) is 12.3 Å². The van der Waals surface area contributed by atoms with Crippen molar-refractivity contribution in [2.75, 3.05) is 0 Å². The highest BCUT2D eigenvalue weighted by atomic mass is 16.5. The van der Waals surface area contributed by atoms with E-state index in [9.17, 15) is 4.79 Å². The molecule has 1 amide bonds. The highest BCUT2D eigenvalue weighted by Gasteiger charge is 2.15. The molecule has 1 aromatic heterocycles. The Hall–Kier alpha value is -2.30. The number of rotatable bonds is 5. The number of carbonyl (C=O) groups excluding carboxylic acids is 1. The third-order valence-electron chi connectivity index (χ3n) is 3.24. The molecule has 112 valence electrons. The van der Waals surface area contributed by atoms with Crippen molar-refractivity contribution in [2.45, 2.75) is 33.4 Å². The van der Waals surface area contributed by atoms with Crippen LogP contribution in [0, 0.1) is 13.8 Å². The van der Waals surface area contributed by atoms with Gasteiger partial charge in [0, 0.05) is 25.4 Å². The maximum atomic E-state index is 12.1. The van der Waals surface area contributed by atoms with E-state index in [1.807, 2.05) is 51.4 Å². The van der Waals surface area contributed by atoms with Crippen LogP contribution in [0.1, 0.15) is 23.7 Å². The average Bonchev–Trinajstić information content (AvgIpc) is 2.74. The molecule has 0 bridgehead atoms. The monoisotopic (exact) mass is 287 g/mol. The molecular formula is C16H21N3O2. The van der Waals surface area contributed by atoms with Gasteiger partial charge in [-0.3, -0.25) is 9.48 Å². The Morgan fingerprint density at radius 1 is 1.43 bits per heavy atom. The summed E-state index contributed by atoms with van der Waals surface area (Å²) in [7, 11) is 1.86. The summed E-state index contributed by atoms with van der Waals surface area (Å²) in [5.74, 6) is 0.565. The molecule has 21 heavy (non-hydrogen) atoms. The lowest BCUT2D eigenvalue weighted by molar-refractivity contribution is -0.127. The molecule has 1 aromatic carbocycles. The summed E-state index contributed by atoms with van der Waals surface area (Å²) in [6.45, 7) is 6.12. The molecule has 2 rings (SSSR count). The second-order valence-electron chi connectivity index (χ2n) is 5.21. The minimum atomic E-state index is -0.538. The first kappa shape index (κ1) is 15.1. The minimum absolute atomic E-state index is 0.139. The second-order valence-corrected chi connectivity index (χ2v) is 5.21. The largest absolute Gasteiger partial charge is 0.481 e. The molecule has 2 aromatic rings. The summed E-state index contributed by atoms with van der Waals surface area (Å²) in [6.07, 6.45) is 1.37. The summed E-state index contributed by atoms with van der Waals surface area (Å²) in [5, 5.41) is 7.12. The fraction of sp³-hybridized carbons (Fsp3) is 0.375. The predicted octanol–water partition coefficient (Wildman–Crippen LogP) is 2.12. The van der Waals surface area contributed by atoms with E-state index in [0.717, 1.165) is 16.8 Å². The van der Waals surface area contributed by atoms with Crippen LogP contribution >= 0.6 is 0 Å². The van der Waals surface area contributed by atoms with Crippen molar-refractivity contribution in [3.05, 3.63) is 47.3 Å². The van der Waals surface area contributed by atoms with E-state index >= 15 is 0 Å². The molecule has 0 radical (unpaired) electrons. The van der Waals surface area contributed by atoms with Gasteiger partial charge in [0.05, 0.1) is 5.69 Å². The van der Waals surface area contributed by atoms with Crippen LogP contribution < -0.4 is 10.1 Å². The van der Waals surface area contributed by atoms with Gasteiger partial charge in [0.2, 0.25) is 0 Å². The van der Waals surface area contributed by atoms with Gasteiger partial charge in [-0.1, -0.05) is 12.1 Å². The standard InChI is InChI=1S/C16H21N3O2/c1-11-6-5-7-15(8-11)21-13(3)16(20)17-9-14-10-19(4)18-12(14)2/h5-8,10,13H,9H2,1-4H3,(H,17,20)/t13-/m1/s1. The first-order valence-electron chi connectivity index (χ1n) is 6.96. The van der Waals surface area contributed by atoms with Crippen molar-refractivity contribution < 1.29 is 9.53 Å². The molecule has 5 nitrogen and oxygen atoms in total. The molecule has 0 aliphatic rings. The Kier molecular flexibility index (Phi) is 4.62. The molecule has 0 fully saturated rings. The van der Waals surface area contributed by atoms with Crippen molar-refractivity contribution in [1.29, 1.82) is 0 Å². The fourth-order valence-electron chi connectivity index (χ4n) is 2.09. The number of aromatic nitrogens is 2. The molecule has 0 aliphatic heterocycles. The SMILES string of the molecule is Cc1cccc(O[C@H](C)C(=O)NCc2cn(C)nc2C)c1. The first-order chi connectivity index (χ1) is 9.95. The molecular weight excluding hydrogens is 266 g/mol. The molecule has 5 heteroatoms. The van der Waals surface area contributed by atoms with Gasteiger partial charge in [-0.05, 0) is 38.5 Å². The third kappa shape index (κ3) is 4.08. The Bertz CT molecular complexity index is 634. The number of hydrogen-bond acceptors (Lipinski definition) is 3. The van der Waals surface area contributed by atoms with Crippen molar-refractivity contribution >= 4 is 5.91 Å². The molecule has 1 atom stereocenters.